The highest BCUT2D eigenvalue weighted by Crippen LogP contribution is 2.18. The number of ether oxygens (including phenoxy) is 1. The van der Waals surface area contributed by atoms with Crippen molar-refractivity contribution in [3.63, 3.8) is 0 Å². The molecule has 1 aliphatic rings. The van der Waals surface area contributed by atoms with Crippen LogP contribution in [0.25, 0.3) is 0 Å². The van der Waals surface area contributed by atoms with Crippen molar-refractivity contribution < 1.29 is 10.2 Å². The van der Waals surface area contributed by atoms with Gasteiger partial charge in [-0.15, -0.1) is 0 Å². The summed E-state index contributed by atoms with van der Waals surface area (Å²) in [5, 5.41) is 0. The Labute approximate surface area is 114 Å². The SMILES string of the molecule is CCCCCCCCCCCCCCC1CO1.O. The van der Waals surface area contributed by atoms with E-state index < -0.39 is 0 Å². The van der Waals surface area contributed by atoms with Crippen molar-refractivity contribution in [3.05, 3.63) is 0 Å². The van der Waals surface area contributed by atoms with E-state index in [2.05, 4.69) is 6.92 Å². The Morgan fingerprint density at radius 2 is 1.11 bits per heavy atom. The molecule has 0 bridgehead atoms. The fraction of sp³-hybridized carbons (Fsp3) is 1.00. The highest BCUT2D eigenvalue weighted by molar-refractivity contribution is 4.68. The second-order valence-electron chi connectivity index (χ2n) is 5.63. The predicted molar refractivity (Wildman–Crippen MR) is 79.0 cm³/mol. The van der Waals surface area contributed by atoms with Crippen molar-refractivity contribution >= 4 is 0 Å². The lowest BCUT2D eigenvalue weighted by molar-refractivity contribution is 0.387. The van der Waals surface area contributed by atoms with E-state index in [9.17, 15) is 0 Å². The predicted octanol–water partition coefficient (Wildman–Crippen LogP) is 4.65. The van der Waals surface area contributed by atoms with Gasteiger partial charge in [0.2, 0.25) is 0 Å². The Balaban J connectivity index is 0.00000289. The molecule has 1 heterocycles. The van der Waals surface area contributed by atoms with E-state index in [4.69, 9.17) is 4.74 Å². The molecule has 0 aromatic rings. The lowest BCUT2D eigenvalue weighted by Gasteiger charge is -2.02. The first-order chi connectivity index (χ1) is 8.43. The number of hydrogen-bond donors (Lipinski definition) is 0. The van der Waals surface area contributed by atoms with Crippen molar-refractivity contribution in [2.45, 2.75) is 96.5 Å². The van der Waals surface area contributed by atoms with E-state index >= 15 is 0 Å². The van der Waals surface area contributed by atoms with Gasteiger partial charge in [-0.05, 0) is 6.42 Å². The molecule has 110 valence electrons. The summed E-state index contributed by atoms with van der Waals surface area (Å²) in [6.07, 6.45) is 19.3. The molecule has 1 fully saturated rings. The molecule has 0 radical (unpaired) electrons. The first-order valence-corrected chi connectivity index (χ1v) is 8.05. The summed E-state index contributed by atoms with van der Waals surface area (Å²) in [5.41, 5.74) is 0. The Bertz CT molecular complexity index is 155. The van der Waals surface area contributed by atoms with Gasteiger partial charge in [-0.3, -0.25) is 0 Å². The third-order valence-electron chi connectivity index (χ3n) is 3.78. The summed E-state index contributed by atoms with van der Waals surface area (Å²) in [7, 11) is 0. The summed E-state index contributed by atoms with van der Waals surface area (Å²) in [5.74, 6) is 0. The van der Waals surface area contributed by atoms with Crippen LogP contribution in [0.3, 0.4) is 0 Å². The Hall–Kier alpha value is -0.0800. The van der Waals surface area contributed by atoms with Crippen LogP contribution in [0.4, 0.5) is 0 Å². The molecule has 1 unspecified atom stereocenters. The van der Waals surface area contributed by atoms with E-state index in [-0.39, 0.29) is 5.48 Å². The third kappa shape index (κ3) is 12.4. The van der Waals surface area contributed by atoms with Gasteiger partial charge in [0.25, 0.3) is 0 Å². The smallest absolute Gasteiger partial charge is 0.0810 e. The first kappa shape index (κ1) is 17.9. The number of rotatable bonds is 13. The zero-order valence-corrected chi connectivity index (χ0v) is 12.4. The highest BCUT2D eigenvalue weighted by atomic mass is 16.6. The van der Waals surface area contributed by atoms with Gasteiger partial charge in [0.15, 0.2) is 0 Å². The monoisotopic (exact) mass is 258 g/mol. The maximum absolute atomic E-state index is 5.21. The van der Waals surface area contributed by atoms with E-state index in [0.717, 1.165) is 6.61 Å². The van der Waals surface area contributed by atoms with Crippen LogP contribution in [-0.4, -0.2) is 18.2 Å². The van der Waals surface area contributed by atoms with Gasteiger partial charge >= 0.3 is 0 Å². The van der Waals surface area contributed by atoms with Gasteiger partial charge in [0.05, 0.1) is 12.7 Å². The average molecular weight is 258 g/mol. The second kappa shape index (κ2) is 13.4. The third-order valence-corrected chi connectivity index (χ3v) is 3.78. The second-order valence-corrected chi connectivity index (χ2v) is 5.63. The van der Waals surface area contributed by atoms with Gasteiger partial charge in [0.1, 0.15) is 0 Å². The lowest BCUT2D eigenvalue weighted by atomic mass is 10.0. The highest BCUT2D eigenvalue weighted by Gasteiger charge is 2.20. The summed E-state index contributed by atoms with van der Waals surface area (Å²) >= 11 is 0. The molecule has 0 amide bonds. The number of hydrogen-bond acceptors (Lipinski definition) is 1. The Kier molecular flexibility index (Phi) is 13.3. The molecule has 0 aromatic heterocycles. The molecule has 0 saturated carbocycles. The van der Waals surface area contributed by atoms with Crippen LogP contribution >= 0.6 is 0 Å². The van der Waals surface area contributed by atoms with Crippen LogP contribution in [0.2, 0.25) is 0 Å². The van der Waals surface area contributed by atoms with Crippen LogP contribution in [0, 0.1) is 0 Å². The zero-order chi connectivity index (χ0) is 12.2. The lowest BCUT2D eigenvalue weighted by Crippen LogP contribution is -1.86. The summed E-state index contributed by atoms with van der Waals surface area (Å²) < 4.78 is 5.21. The number of unbranched alkanes of at least 4 members (excludes halogenated alkanes) is 11. The molecule has 2 nitrogen and oxygen atoms in total. The van der Waals surface area contributed by atoms with Crippen molar-refractivity contribution in [3.8, 4) is 0 Å². The van der Waals surface area contributed by atoms with E-state index in [0.29, 0.717) is 6.10 Å². The molecule has 0 aromatic carbocycles. The zero-order valence-electron chi connectivity index (χ0n) is 12.4. The largest absolute Gasteiger partial charge is 0.412 e. The van der Waals surface area contributed by atoms with Crippen LogP contribution in [0.15, 0.2) is 0 Å². The maximum atomic E-state index is 5.21. The maximum Gasteiger partial charge on any atom is 0.0810 e. The Morgan fingerprint density at radius 3 is 1.50 bits per heavy atom. The molecule has 0 aliphatic carbocycles. The van der Waals surface area contributed by atoms with Gasteiger partial charge in [-0.2, -0.15) is 0 Å². The van der Waals surface area contributed by atoms with Crippen molar-refractivity contribution in [2.75, 3.05) is 6.61 Å². The average Bonchev–Trinajstić information content (AvgIpc) is 3.15. The summed E-state index contributed by atoms with van der Waals surface area (Å²) in [6, 6.07) is 0. The molecule has 2 N–H and O–H groups in total. The van der Waals surface area contributed by atoms with Crippen LogP contribution in [0.5, 0.6) is 0 Å². The van der Waals surface area contributed by atoms with Crippen molar-refractivity contribution in [1.82, 2.24) is 0 Å². The molecule has 1 aliphatic heterocycles. The minimum Gasteiger partial charge on any atom is -0.412 e. The van der Waals surface area contributed by atoms with E-state index in [1.165, 1.54) is 83.5 Å². The Morgan fingerprint density at radius 1 is 0.722 bits per heavy atom. The quantitative estimate of drug-likeness (QED) is 0.350. The fourth-order valence-electron chi connectivity index (χ4n) is 2.45. The van der Waals surface area contributed by atoms with Crippen LogP contribution < -0.4 is 0 Å². The minimum absolute atomic E-state index is 0. The van der Waals surface area contributed by atoms with Crippen LogP contribution in [0.1, 0.15) is 90.4 Å². The summed E-state index contributed by atoms with van der Waals surface area (Å²) in [6.45, 7) is 3.33. The molecule has 1 atom stereocenters. The van der Waals surface area contributed by atoms with E-state index in [1.54, 1.807) is 0 Å². The van der Waals surface area contributed by atoms with Crippen molar-refractivity contribution in [2.24, 2.45) is 0 Å². The topological polar surface area (TPSA) is 44.0 Å². The molecule has 1 saturated heterocycles. The molecular formula is C16H34O2. The van der Waals surface area contributed by atoms with Gasteiger partial charge < -0.3 is 10.2 Å². The molecule has 18 heavy (non-hydrogen) atoms. The van der Waals surface area contributed by atoms with Crippen LogP contribution in [-0.2, 0) is 4.74 Å². The molecule has 2 heteroatoms. The minimum atomic E-state index is 0. The first-order valence-electron chi connectivity index (χ1n) is 8.05. The summed E-state index contributed by atoms with van der Waals surface area (Å²) in [4.78, 5) is 0. The van der Waals surface area contributed by atoms with E-state index in [1.807, 2.05) is 0 Å². The van der Waals surface area contributed by atoms with Crippen molar-refractivity contribution in [1.29, 1.82) is 0 Å². The number of epoxide rings is 1. The van der Waals surface area contributed by atoms with Gasteiger partial charge in [0, 0.05) is 0 Å². The molecule has 1 rings (SSSR count). The van der Waals surface area contributed by atoms with Gasteiger partial charge in [-0.1, -0.05) is 84.0 Å². The fourth-order valence-corrected chi connectivity index (χ4v) is 2.45. The van der Waals surface area contributed by atoms with Gasteiger partial charge in [-0.25, -0.2) is 0 Å². The normalized spacial score (nSPS) is 17.5. The molecule has 0 spiro atoms. The molecular weight excluding hydrogens is 224 g/mol. The standard InChI is InChI=1S/C16H32O.H2O/c1-2-3-4-5-6-7-8-9-10-11-12-13-14-16-15-17-16;/h16H,2-15H2,1H3;1H2.